The first-order valence-electron chi connectivity index (χ1n) is 19.3. The van der Waals surface area contributed by atoms with Crippen LogP contribution >= 0.6 is 0 Å². The Morgan fingerprint density at radius 3 is 1.07 bits per heavy atom. The minimum absolute atomic E-state index is 0.0260. The normalized spacial score (nSPS) is 11.3. The number of carbonyl (C=O) groups is 2. The van der Waals surface area contributed by atoms with Crippen LogP contribution in [0.1, 0.15) is 206 Å². The standard InChI is InChI=1S/C38H76N2O3/c1-3-5-7-9-11-13-15-17-19-21-23-25-27-31-37(42)40(35-29-33-39-34-30-36-41)38(43)32-28-26-24-22-20-18-16-14-12-10-8-6-4-2/h39,41H,3-36H2,1-2H3. The summed E-state index contributed by atoms with van der Waals surface area (Å²) < 4.78 is 0. The van der Waals surface area contributed by atoms with Crippen LogP contribution < -0.4 is 5.32 Å². The van der Waals surface area contributed by atoms with Crippen LogP contribution in [0.5, 0.6) is 0 Å². The maximum absolute atomic E-state index is 13.0. The molecule has 5 heteroatoms. The molecule has 0 saturated carbocycles. The van der Waals surface area contributed by atoms with E-state index in [0.29, 0.717) is 19.4 Å². The first-order chi connectivity index (χ1) is 21.2. The number of nitrogens with zero attached hydrogens (tertiary/aromatic N) is 1. The number of aliphatic hydroxyl groups is 1. The Bertz CT molecular complexity index is 542. The Labute approximate surface area is 269 Å². The zero-order valence-electron chi connectivity index (χ0n) is 29.3. The van der Waals surface area contributed by atoms with Crippen molar-refractivity contribution in [1.82, 2.24) is 10.2 Å². The fourth-order valence-electron chi connectivity index (χ4n) is 5.94. The highest BCUT2D eigenvalue weighted by atomic mass is 16.3. The summed E-state index contributed by atoms with van der Waals surface area (Å²) >= 11 is 0. The average molecular weight is 609 g/mol. The number of imide groups is 1. The maximum Gasteiger partial charge on any atom is 0.229 e. The highest BCUT2D eigenvalue weighted by Gasteiger charge is 2.20. The Morgan fingerprint density at radius 2 is 0.744 bits per heavy atom. The molecule has 0 unspecified atom stereocenters. The molecular formula is C38H76N2O3. The van der Waals surface area contributed by atoms with Gasteiger partial charge in [-0.25, -0.2) is 0 Å². The summed E-state index contributed by atoms with van der Waals surface area (Å²) in [6, 6.07) is 0. The largest absolute Gasteiger partial charge is 0.396 e. The minimum Gasteiger partial charge on any atom is -0.396 e. The van der Waals surface area contributed by atoms with Crippen molar-refractivity contribution in [1.29, 1.82) is 0 Å². The van der Waals surface area contributed by atoms with Gasteiger partial charge < -0.3 is 10.4 Å². The maximum atomic E-state index is 13.0. The van der Waals surface area contributed by atoms with Crippen molar-refractivity contribution in [3.63, 3.8) is 0 Å². The second kappa shape index (κ2) is 35.5. The Balaban J connectivity index is 4.07. The SMILES string of the molecule is CCCCCCCCCCCCCCCC(=O)N(CCCNCCCO)C(=O)CCCCCCCCCCCCCCC. The lowest BCUT2D eigenvalue weighted by molar-refractivity contribution is -0.145. The van der Waals surface area contributed by atoms with Crippen molar-refractivity contribution >= 4 is 11.8 Å². The zero-order chi connectivity index (χ0) is 31.5. The molecule has 0 fully saturated rings. The van der Waals surface area contributed by atoms with Crippen LogP contribution in [0.15, 0.2) is 0 Å². The van der Waals surface area contributed by atoms with Gasteiger partial charge in [-0.2, -0.15) is 0 Å². The minimum atomic E-state index is 0.0260. The van der Waals surface area contributed by atoms with E-state index in [1.807, 2.05) is 0 Å². The van der Waals surface area contributed by atoms with Gasteiger partial charge in [-0.1, -0.05) is 168 Å². The summed E-state index contributed by atoms with van der Waals surface area (Å²) in [7, 11) is 0. The first kappa shape index (κ1) is 42.1. The van der Waals surface area contributed by atoms with Crippen LogP contribution in [0.25, 0.3) is 0 Å². The molecule has 0 atom stereocenters. The number of carbonyl (C=O) groups excluding carboxylic acids is 2. The van der Waals surface area contributed by atoms with Crippen molar-refractivity contribution in [2.45, 2.75) is 206 Å². The fourth-order valence-corrected chi connectivity index (χ4v) is 5.94. The quantitative estimate of drug-likeness (QED) is 0.0702. The zero-order valence-corrected chi connectivity index (χ0v) is 29.3. The third-order valence-electron chi connectivity index (χ3n) is 8.84. The Hall–Kier alpha value is -0.940. The van der Waals surface area contributed by atoms with Gasteiger partial charge in [-0.05, 0) is 38.8 Å². The van der Waals surface area contributed by atoms with Gasteiger partial charge in [-0.15, -0.1) is 0 Å². The van der Waals surface area contributed by atoms with Crippen molar-refractivity contribution in [3.05, 3.63) is 0 Å². The van der Waals surface area contributed by atoms with Gasteiger partial charge >= 0.3 is 0 Å². The van der Waals surface area contributed by atoms with Crippen LogP contribution in [-0.2, 0) is 9.59 Å². The third kappa shape index (κ3) is 30.9. The third-order valence-corrected chi connectivity index (χ3v) is 8.84. The predicted molar refractivity (Wildman–Crippen MR) is 187 cm³/mol. The van der Waals surface area contributed by atoms with E-state index in [0.717, 1.165) is 51.6 Å². The molecule has 0 aliphatic rings. The van der Waals surface area contributed by atoms with E-state index >= 15 is 0 Å². The van der Waals surface area contributed by atoms with E-state index in [2.05, 4.69) is 19.2 Å². The second-order valence-electron chi connectivity index (χ2n) is 13.1. The van der Waals surface area contributed by atoms with E-state index in [1.54, 1.807) is 4.90 Å². The summed E-state index contributed by atoms with van der Waals surface area (Å²) in [6.07, 6.45) is 36.1. The van der Waals surface area contributed by atoms with Gasteiger partial charge in [0.05, 0.1) is 0 Å². The van der Waals surface area contributed by atoms with Gasteiger partial charge in [0.2, 0.25) is 11.8 Å². The molecule has 0 aromatic carbocycles. The molecule has 0 aromatic heterocycles. The molecule has 0 aliphatic heterocycles. The van der Waals surface area contributed by atoms with Crippen molar-refractivity contribution in [2.75, 3.05) is 26.2 Å². The monoisotopic (exact) mass is 609 g/mol. The van der Waals surface area contributed by atoms with Crippen molar-refractivity contribution in [2.24, 2.45) is 0 Å². The van der Waals surface area contributed by atoms with Crippen molar-refractivity contribution in [3.8, 4) is 0 Å². The van der Waals surface area contributed by atoms with Crippen LogP contribution in [0.2, 0.25) is 0 Å². The van der Waals surface area contributed by atoms with E-state index in [1.165, 1.54) is 141 Å². The van der Waals surface area contributed by atoms with Crippen LogP contribution in [0, 0.1) is 0 Å². The van der Waals surface area contributed by atoms with E-state index in [-0.39, 0.29) is 18.4 Å². The molecule has 0 heterocycles. The molecule has 256 valence electrons. The average Bonchev–Trinajstić information content (AvgIpc) is 3.01. The number of hydrogen-bond donors (Lipinski definition) is 2. The topological polar surface area (TPSA) is 69.6 Å². The lowest BCUT2D eigenvalue weighted by Crippen LogP contribution is -2.38. The van der Waals surface area contributed by atoms with Gasteiger partial charge in [-0.3, -0.25) is 14.5 Å². The molecule has 0 spiro atoms. The van der Waals surface area contributed by atoms with Gasteiger partial charge in [0.15, 0.2) is 0 Å². The van der Waals surface area contributed by atoms with Crippen molar-refractivity contribution < 1.29 is 14.7 Å². The number of unbranched alkanes of at least 4 members (excludes halogenated alkanes) is 24. The lowest BCUT2D eigenvalue weighted by Gasteiger charge is -2.21. The summed E-state index contributed by atoms with van der Waals surface area (Å²) in [4.78, 5) is 27.6. The molecule has 2 amide bonds. The highest BCUT2D eigenvalue weighted by Crippen LogP contribution is 2.16. The number of hydrogen-bond acceptors (Lipinski definition) is 4. The van der Waals surface area contributed by atoms with E-state index < -0.39 is 0 Å². The number of nitrogens with one attached hydrogen (secondary N) is 1. The highest BCUT2D eigenvalue weighted by molar-refractivity contribution is 5.95. The van der Waals surface area contributed by atoms with Crippen LogP contribution in [0.3, 0.4) is 0 Å². The Morgan fingerprint density at radius 1 is 0.442 bits per heavy atom. The fraction of sp³-hybridized carbons (Fsp3) is 0.947. The van der Waals surface area contributed by atoms with Crippen LogP contribution in [-0.4, -0.2) is 48.1 Å². The van der Waals surface area contributed by atoms with Gasteiger partial charge in [0.1, 0.15) is 0 Å². The number of aliphatic hydroxyl groups excluding tert-OH is 1. The Kier molecular flexibility index (Phi) is 34.8. The molecule has 0 rings (SSSR count). The van der Waals surface area contributed by atoms with Gasteiger partial charge in [0, 0.05) is 26.0 Å². The molecule has 0 aliphatic carbocycles. The molecular weight excluding hydrogens is 532 g/mol. The smallest absolute Gasteiger partial charge is 0.229 e. The molecule has 0 bridgehead atoms. The van der Waals surface area contributed by atoms with E-state index in [4.69, 9.17) is 5.11 Å². The summed E-state index contributed by atoms with van der Waals surface area (Å²) in [5.41, 5.74) is 0. The molecule has 5 nitrogen and oxygen atoms in total. The summed E-state index contributed by atoms with van der Waals surface area (Å²) in [5, 5.41) is 12.3. The molecule has 2 N–H and O–H groups in total. The summed E-state index contributed by atoms with van der Waals surface area (Å²) in [5.74, 6) is 0.0521. The molecule has 0 aromatic rings. The van der Waals surface area contributed by atoms with E-state index in [9.17, 15) is 9.59 Å². The van der Waals surface area contributed by atoms with Crippen LogP contribution in [0.4, 0.5) is 0 Å². The molecule has 0 saturated heterocycles. The second-order valence-corrected chi connectivity index (χ2v) is 13.1. The molecule has 0 radical (unpaired) electrons. The lowest BCUT2D eigenvalue weighted by atomic mass is 10.0. The van der Waals surface area contributed by atoms with Gasteiger partial charge in [0.25, 0.3) is 0 Å². The molecule has 43 heavy (non-hydrogen) atoms. The summed E-state index contributed by atoms with van der Waals surface area (Å²) in [6.45, 7) is 6.79. The predicted octanol–water partition coefficient (Wildman–Crippen LogP) is 10.7. The first-order valence-corrected chi connectivity index (χ1v) is 19.3. The number of rotatable bonds is 35. The number of amides is 2.